The van der Waals surface area contributed by atoms with E-state index in [0.29, 0.717) is 19.6 Å². The van der Waals surface area contributed by atoms with E-state index in [1.54, 1.807) is 17.3 Å². The van der Waals surface area contributed by atoms with Crippen LogP contribution in [0.4, 0.5) is 13.2 Å². The first-order valence-electron chi connectivity index (χ1n) is 10.1. The Morgan fingerprint density at radius 2 is 1.87 bits per heavy atom. The quantitative estimate of drug-likeness (QED) is 0.662. The van der Waals surface area contributed by atoms with E-state index in [-0.39, 0.29) is 37.0 Å². The molecule has 2 aromatic rings. The van der Waals surface area contributed by atoms with Crippen molar-refractivity contribution in [1.29, 1.82) is 0 Å². The van der Waals surface area contributed by atoms with Crippen LogP contribution in [0.15, 0.2) is 48.8 Å². The zero-order chi connectivity index (χ0) is 22.4. The second-order valence-electron chi connectivity index (χ2n) is 7.80. The minimum absolute atomic E-state index is 0.0377. The first-order valence-corrected chi connectivity index (χ1v) is 10.1. The van der Waals surface area contributed by atoms with Gasteiger partial charge in [-0.15, -0.1) is 13.2 Å². The predicted octanol–water partition coefficient (Wildman–Crippen LogP) is 3.62. The molecule has 1 amide bonds. The average molecular weight is 437 g/mol. The SMILES string of the molecule is CC(C)N1CC(OCc2ccc(OC(F)(F)F)cc2)CN(Cc2cccnc2)CC1=O. The normalized spacial score (nSPS) is 18.3. The summed E-state index contributed by atoms with van der Waals surface area (Å²) < 4.78 is 46.9. The zero-order valence-electron chi connectivity index (χ0n) is 17.5. The number of alkyl halides is 3. The highest BCUT2D eigenvalue weighted by Gasteiger charge is 2.31. The maximum atomic E-state index is 12.7. The maximum absolute atomic E-state index is 12.7. The van der Waals surface area contributed by atoms with Crippen molar-refractivity contribution >= 4 is 5.91 Å². The number of benzene rings is 1. The van der Waals surface area contributed by atoms with E-state index in [1.165, 1.54) is 24.3 Å². The minimum atomic E-state index is -4.72. The van der Waals surface area contributed by atoms with Gasteiger partial charge in [-0.1, -0.05) is 18.2 Å². The number of nitrogens with zero attached hydrogens (tertiary/aromatic N) is 3. The summed E-state index contributed by atoms with van der Waals surface area (Å²) in [4.78, 5) is 20.7. The van der Waals surface area contributed by atoms with Gasteiger partial charge in [0.15, 0.2) is 0 Å². The number of carbonyl (C=O) groups is 1. The molecule has 3 rings (SSSR count). The Morgan fingerprint density at radius 1 is 1.13 bits per heavy atom. The minimum Gasteiger partial charge on any atom is -0.406 e. The third kappa shape index (κ3) is 7.22. The smallest absolute Gasteiger partial charge is 0.406 e. The molecule has 0 bridgehead atoms. The summed E-state index contributed by atoms with van der Waals surface area (Å²) in [5.74, 6) is -0.233. The molecule has 6 nitrogen and oxygen atoms in total. The van der Waals surface area contributed by atoms with Crippen molar-refractivity contribution in [2.75, 3.05) is 19.6 Å². The Hall–Kier alpha value is -2.65. The molecule has 1 unspecified atom stereocenters. The van der Waals surface area contributed by atoms with E-state index >= 15 is 0 Å². The number of hydrogen-bond acceptors (Lipinski definition) is 5. The van der Waals surface area contributed by atoms with Crippen LogP contribution in [-0.2, 0) is 22.7 Å². The molecule has 2 heterocycles. The molecule has 1 fully saturated rings. The Morgan fingerprint density at radius 3 is 2.48 bits per heavy atom. The lowest BCUT2D eigenvalue weighted by Gasteiger charge is -2.27. The van der Waals surface area contributed by atoms with Gasteiger partial charge in [-0.25, -0.2) is 0 Å². The van der Waals surface area contributed by atoms with E-state index in [2.05, 4.69) is 9.72 Å². The molecule has 1 aliphatic heterocycles. The first-order chi connectivity index (χ1) is 14.7. The Bertz CT molecular complexity index is 845. The van der Waals surface area contributed by atoms with Crippen LogP contribution < -0.4 is 4.74 Å². The predicted molar refractivity (Wildman–Crippen MR) is 108 cm³/mol. The number of halogens is 3. The van der Waals surface area contributed by atoms with Gasteiger partial charge in [0.25, 0.3) is 0 Å². The van der Waals surface area contributed by atoms with Gasteiger partial charge in [-0.2, -0.15) is 0 Å². The van der Waals surface area contributed by atoms with Crippen LogP contribution in [0, 0.1) is 0 Å². The molecule has 9 heteroatoms. The molecule has 0 spiro atoms. The summed E-state index contributed by atoms with van der Waals surface area (Å²) in [5.41, 5.74) is 1.73. The van der Waals surface area contributed by atoms with Gasteiger partial charge in [-0.3, -0.25) is 14.7 Å². The van der Waals surface area contributed by atoms with Gasteiger partial charge in [0, 0.05) is 38.1 Å². The van der Waals surface area contributed by atoms with E-state index in [1.807, 2.05) is 30.9 Å². The van der Waals surface area contributed by atoms with Gasteiger partial charge in [0.2, 0.25) is 5.91 Å². The van der Waals surface area contributed by atoms with Crippen molar-refractivity contribution in [3.63, 3.8) is 0 Å². The number of pyridine rings is 1. The molecule has 0 saturated carbocycles. The number of hydrogen-bond donors (Lipinski definition) is 0. The maximum Gasteiger partial charge on any atom is 0.573 e. The molecule has 1 aliphatic rings. The van der Waals surface area contributed by atoms with Crippen LogP contribution in [0.1, 0.15) is 25.0 Å². The van der Waals surface area contributed by atoms with Crippen LogP contribution in [0.5, 0.6) is 5.75 Å². The summed E-state index contributed by atoms with van der Waals surface area (Å²) in [5, 5.41) is 0. The van der Waals surface area contributed by atoms with Crippen molar-refractivity contribution in [3.8, 4) is 5.75 Å². The molecule has 1 aromatic heterocycles. The second kappa shape index (κ2) is 10.1. The van der Waals surface area contributed by atoms with E-state index in [0.717, 1.165) is 11.1 Å². The van der Waals surface area contributed by atoms with Crippen molar-refractivity contribution < 1.29 is 27.4 Å². The third-order valence-electron chi connectivity index (χ3n) is 4.94. The molecular weight excluding hydrogens is 411 g/mol. The fourth-order valence-electron chi connectivity index (χ4n) is 3.49. The molecule has 168 valence electrons. The summed E-state index contributed by atoms with van der Waals surface area (Å²) in [7, 11) is 0. The number of aromatic nitrogens is 1. The molecule has 0 aliphatic carbocycles. The number of ether oxygens (including phenoxy) is 2. The Labute approximate surface area is 179 Å². The standard InChI is InChI=1S/C22H26F3N3O3/c1-16(2)28-13-20(12-27(14-21(28)29)11-18-4-3-9-26-10-18)30-15-17-5-7-19(8-6-17)31-22(23,24)25/h3-10,16,20H,11-15H2,1-2H3. The van der Waals surface area contributed by atoms with Crippen LogP contribution in [0.3, 0.4) is 0 Å². The van der Waals surface area contributed by atoms with Crippen LogP contribution >= 0.6 is 0 Å². The van der Waals surface area contributed by atoms with Gasteiger partial charge in [0.1, 0.15) is 5.75 Å². The van der Waals surface area contributed by atoms with Crippen molar-refractivity contribution in [1.82, 2.24) is 14.8 Å². The van der Waals surface area contributed by atoms with Gasteiger partial charge >= 0.3 is 6.36 Å². The van der Waals surface area contributed by atoms with Crippen LogP contribution in [0.25, 0.3) is 0 Å². The zero-order valence-corrected chi connectivity index (χ0v) is 17.5. The number of carbonyl (C=O) groups excluding carboxylic acids is 1. The highest BCUT2D eigenvalue weighted by atomic mass is 19.4. The van der Waals surface area contributed by atoms with Gasteiger partial charge in [-0.05, 0) is 43.2 Å². The molecule has 31 heavy (non-hydrogen) atoms. The van der Waals surface area contributed by atoms with E-state index < -0.39 is 6.36 Å². The topological polar surface area (TPSA) is 54.9 Å². The number of amides is 1. The first kappa shape index (κ1) is 23.0. The highest BCUT2D eigenvalue weighted by Crippen LogP contribution is 2.23. The Balaban J connectivity index is 1.65. The largest absolute Gasteiger partial charge is 0.573 e. The molecule has 0 radical (unpaired) electrons. The van der Waals surface area contributed by atoms with Crippen molar-refractivity contribution in [2.45, 2.75) is 45.5 Å². The molecule has 0 N–H and O–H groups in total. The average Bonchev–Trinajstić information content (AvgIpc) is 2.85. The summed E-state index contributed by atoms with van der Waals surface area (Å²) in [6.07, 6.45) is -1.48. The molecular formula is C22H26F3N3O3. The second-order valence-corrected chi connectivity index (χ2v) is 7.80. The highest BCUT2D eigenvalue weighted by molar-refractivity contribution is 5.79. The monoisotopic (exact) mass is 437 g/mol. The van der Waals surface area contributed by atoms with Crippen LogP contribution in [0.2, 0.25) is 0 Å². The summed E-state index contributed by atoms with van der Waals surface area (Å²) in [6, 6.07) is 9.46. The van der Waals surface area contributed by atoms with Crippen molar-refractivity contribution in [3.05, 3.63) is 59.9 Å². The summed E-state index contributed by atoms with van der Waals surface area (Å²) >= 11 is 0. The lowest BCUT2D eigenvalue weighted by molar-refractivity contribution is -0.274. The summed E-state index contributed by atoms with van der Waals surface area (Å²) in [6.45, 7) is 6.02. The van der Waals surface area contributed by atoms with Gasteiger partial charge in [0.05, 0.1) is 19.3 Å². The fourth-order valence-corrected chi connectivity index (χ4v) is 3.49. The lowest BCUT2D eigenvalue weighted by atomic mass is 10.2. The fraction of sp³-hybridized carbons (Fsp3) is 0.455. The van der Waals surface area contributed by atoms with Crippen molar-refractivity contribution in [2.24, 2.45) is 0 Å². The lowest BCUT2D eigenvalue weighted by Crippen LogP contribution is -2.42. The molecule has 1 atom stereocenters. The van der Waals surface area contributed by atoms with E-state index in [4.69, 9.17) is 4.74 Å². The Kier molecular flexibility index (Phi) is 7.50. The van der Waals surface area contributed by atoms with E-state index in [9.17, 15) is 18.0 Å². The number of rotatable bonds is 7. The third-order valence-corrected chi connectivity index (χ3v) is 4.94. The van der Waals surface area contributed by atoms with Gasteiger partial charge < -0.3 is 14.4 Å². The molecule has 1 saturated heterocycles. The van der Waals surface area contributed by atoms with Crippen LogP contribution in [-0.4, -0.2) is 58.8 Å². The molecule has 1 aromatic carbocycles.